The molecule has 1 heterocycles. The van der Waals surface area contributed by atoms with Gasteiger partial charge in [0.25, 0.3) is 0 Å². The summed E-state index contributed by atoms with van der Waals surface area (Å²) in [6.45, 7) is 8.15. The molecule has 1 unspecified atom stereocenters. The summed E-state index contributed by atoms with van der Waals surface area (Å²) in [5.41, 5.74) is 1.71. The standard InChI is InChI=1S/C16H27N3S/c1-5-8-19(11-6-7-11)15-18-13-10-16(2,3)9-12(17-4)14(13)20-15/h11-12,17H,5-10H2,1-4H3. The first-order valence-electron chi connectivity index (χ1n) is 7.97. The predicted molar refractivity (Wildman–Crippen MR) is 86.7 cm³/mol. The van der Waals surface area contributed by atoms with Crippen molar-refractivity contribution >= 4 is 16.5 Å². The van der Waals surface area contributed by atoms with Crippen LogP contribution < -0.4 is 10.2 Å². The molecule has 3 rings (SSSR count). The maximum Gasteiger partial charge on any atom is 0.186 e. The smallest absolute Gasteiger partial charge is 0.186 e. The van der Waals surface area contributed by atoms with Gasteiger partial charge in [0, 0.05) is 23.5 Å². The Kier molecular flexibility index (Phi) is 3.80. The van der Waals surface area contributed by atoms with Crippen molar-refractivity contribution in [2.45, 2.75) is 65.0 Å². The zero-order valence-electron chi connectivity index (χ0n) is 13.2. The van der Waals surface area contributed by atoms with Gasteiger partial charge in [0.05, 0.1) is 5.69 Å². The van der Waals surface area contributed by atoms with E-state index in [1.54, 1.807) is 0 Å². The van der Waals surface area contributed by atoms with Gasteiger partial charge in [-0.05, 0) is 44.6 Å². The van der Waals surface area contributed by atoms with Crippen LogP contribution in [0.25, 0.3) is 0 Å². The number of fused-ring (bicyclic) bond motifs is 1. The zero-order chi connectivity index (χ0) is 14.3. The molecule has 0 spiro atoms. The molecule has 4 heteroatoms. The van der Waals surface area contributed by atoms with Crippen LogP contribution in [0.4, 0.5) is 5.13 Å². The Morgan fingerprint density at radius 2 is 2.15 bits per heavy atom. The molecule has 3 nitrogen and oxygen atoms in total. The van der Waals surface area contributed by atoms with Crippen LogP contribution in [0.1, 0.15) is 63.1 Å². The first-order chi connectivity index (χ1) is 9.54. The highest BCUT2D eigenvalue weighted by molar-refractivity contribution is 7.15. The minimum Gasteiger partial charge on any atom is -0.345 e. The Labute approximate surface area is 126 Å². The third kappa shape index (κ3) is 2.73. The van der Waals surface area contributed by atoms with E-state index in [2.05, 4.69) is 38.0 Å². The van der Waals surface area contributed by atoms with Crippen LogP contribution in [-0.2, 0) is 6.42 Å². The summed E-state index contributed by atoms with van der Waals surface area (Å²) in [6.07, 6.45) is 6.26. The molecule has 0 aromatic carbocycles. The summed E-state index contributed by atoms with van der Waals surface area (Å²) in [6, 6.07) is 1.26. The average Bonchev–Trinajstić information content (AvgIpc) is 3.14. The van der Waals surface area contributed by atoms with E-state index in [9.17, 15) is 0 Å². The van der Waals surface area contributed by atoms with Crippen LogP contribution in [0, 0.1) is 5.41 Å². The van der Waals surface area contributed by atoms with Crippen molar-refractivity contribution in [3.05, 3.63) is 10.6 Å². The van der Waals surface area contributed by atoms with Gasteiger partial charge in [0.2, 0.25) is 0 Å². The monoisotopic (exact) mass is 293 g/mol. The third-order valence-corrected chi connectivity index (χ3v) is 5.73. The van der Waals surface area contributed by atoms with Crippen molar-refractivity contribution in [3.63, 3.8) is 0 Å². The van der Waals surface area contributed by atoms with E-state index < -0.39 is 0 Å². The minimum atomic E-state index is 0.362. The first-order valence-corrected chi connectivity index (χ1v) is 8.79. The lowest BCUT2D eigenvalue weighted by atomic mass is 9.76. The van der Waals surface area contributed by atoms with E-state index in [0.29, 0.717) is 11.5 Å². The van der Waals surface area contributed by atoms with E-state index in [4.69, 9.17) is 4.98 Å². The van der Waals surface area contributed by atoms with Crippen LogP contribution in [0.2, 0.25) is 0 Å². The van der Waals surface area contributed by atoms with E-state index >= 15 is 0 Å². The molecule has 2 aliphatic carbocycles. The summed E-state index contributed by atoms with van der Waals surface area (Å²) in [5.74, 6) is 0. The molecule has 1 N–H and O–H groups in total. The zero-order valence-corrected chi connectivity index (χ0v) is 14.0. The Morgan fingerprint density at radius 1 is 1.40 bits per heavy atom. The van der Waals surface area contributed by atoms with Gasteiger partial charge in [0.1, 0.15) is 0 Å². The second-order valence-corrected chi connectivity index (χ2v) is 8.13. The lowest BCUT2D eigenvalue weighted by molar-refractivity contribution is 0.265. The SMILES string of the molecule is CCCN(c1nc2c(s1)C(NC)CC(C)(C)C2)C1CC1. The molecule has 112 valence electrons. The van der Waals surface area contributed by atoms with Crippen molar-refractivity contribution in [1.29, 1.82) is 0 Å². The van der Waals surface area contributed by atoms with E-state index in [-0.39, 0.29) is 0 Å². The van der Waals surface area contributed by atoms with Crippen LogP contribution in [-0.4, -0.2) is 24.6 Å². The Balaban J connectivity index is 1.90. The molecule has 0 bridgehead atoms. The maximum absolute atomic E-state index is 5.03. The number of aromatic nitrogens is 1. The quantitative estimate of drug-likeness (QED) is 0.896. The Hall–Kier alpha value is -0.610. The van der Waals surface area contributed by atoms with Crippen molar-refractivity contribution in [2.24, 2.45) is 5.41 Å². The molecular formula is C16H27N3S. The highest BCUT2D eigenvalue weighted by Gasteiger charge is 2.37. The maximum atomic E-state index is 5.03. The van der Waals surface area contributed by atoms with Gasteiger partial charge in [-0.3, -0.25) is 0 Å². The predicted octanol–water partition coefficient (Wildman–Crippen LogP) is 3.75. The summed E-state index contributed by atoms with van der Waals surface area (Å²) >= 11 is 1.94. The molecule has 1 aromatic heterocycles. The molecule has 2 aliphatic rings. The molecule has 20 heavy (non-hydrogen) atoms. The molecule has 0 aliphatic heterocycles. The second kappa shape index (κ2) is 5.30. The van der Waals surface area contributed by atoms with E-state index in [0.717, 1.165) is 19.0 Å². The largest absolute Gasteiger partial charge is 0.345 e. The number of hydrogen-bond acceptors (Lipinski definition) is 4. The minimum absolute atomic E-state index is 0.362. The molecule has 1 atom stereocenters. The number of nitrogens with zero attached hydrogens (tertiary/aromatic N) is 2. The van der Waals surface area contributed by atoms with Crippen molar-refractivity contribution < 1.29 is 0 Å². The highest BCUT2D eigenvalue weighted by Crippen LogP contribution is 2.45. The summed E-state index contributed by atoms with van der Waals surface area (Å²) in [4.78, 5) is 9.08. The molecular weight excluding hydrogens is 266 g/mol. The first kappa shape index (κ1) is 14.3. The third-order valence-electron chi connectivity index (χ3n) is 4.48. The molecule has 1 fully saturated rings. The van der Waals surface area contributed by atoms with E-state index in [1.807, 2.05) is 11.3 Å². The van der Waals surface area contributed by atoms with Gasteiger partial charge in [-0.2, -0.15) is 0 Å². The van der Waals surface area contributed by atoms with E-state index in [1.165, 1.54) is 41.4 Å². The average molecular weight is 293 g/mol. The fourth-order valence-electron chi connectivity index (χ4n) is 3.34. The van der Waals surface area contributed by atoms with Gasteiger partial charge in [-0.25, -0.2) is 4.98 Å². The van der Waals surface area contributed by atoms with Crippen molar-refractivity contribution in [2.75, 3.05) is 18.5 Å². The number of rotatable bonds is 5. The fourth-order valence-corrected chi connectivity index (χ4v) is 4.63. The molecule has 0 amide bonds. The van der Waals surface area contributed by atoms with Gasteiger partial charge in [0.15, 0.2) is 5.13 Å². The lowest BCUT2D eigenvalue weighted by Gasteiger charge is -2.34. The number of anilines is 1. The summed E-state index contributed by atoms with van der Waals surface area (Å²) < 4.78 is 0. The molecule has 0 saturated heterocycles. The molecule has 0 radical (unpaired) electrons. The van der Waals surface area contributed by atoms with Crippen LogP contribution in [0.3, 0.4) is 0 Å². The Morgan fingerprint density at radius 3 is 2.75 bits per heavy atom. The number of hydrogen-bond donors (Lipinski definition) is 1. The number of nitrogens with one attached hydrogen (secondary N) is 1. The highest BCUT2D eigenvalue weighted by atomic mass is 32.1. The van der Waals surface area contributed by atoms with Crippen molar-refractivity contribution in [3.8, 4) is 0 Å². The van der Waals surface area contributed by atoms with Gasteiger partial charge < -0.3 is 10.2 Å². The topological polar surface area (TPSA) is 28.2 Å². The summed E-state index contributed by atoms with van der Waals surface area (Å²) in [5, 5.41) is 4.77. The summed E-state index contributed by atoms with van der Waals surface area (Å²) in [7, 11) is 2.08. The lowest BCUT2D eigenvalue weighted by Crippen LogP contribution is -2.30. The van der Waals surface area contributed by atoms with Crippen LogP contribution >= 0.6 is 11.3 Å². The van der Waals surface area contributed by atoms with Gasteiger partial charge in [-0.1, -0.05) is 32.1 Å². The second-order valence-electron chi connectivity index (χ2n) is 7.12. The normalized spacial score (nSPS) is 24.5. The van der Waals surface area contributed by atoms with Crippen LogP contribution in [0.5, 0.6) is 0 Å². The Bertz CT molecular complexity index is 476. The van der Waals surface area contributed by atoms with Gasteiger partial charge in [-0.15, -0.1) is 0 Å². The molecule has 1 aromatic rings. The molecule has 1 saturated carbocycles. The number of thiazole rings is 1. The van der Waals surface area contributed by atoms with Crippen LogP contribution in [0.15, 0.2) is 0 Å². The fraction of sp³-hybridized carbons (Fsp3) is 0.812. The van der Waals surface area contributed by atoms with Gasteiger partial charge >= 0.3 is 0 Å². The van der Waals surface area contributed by atoms with Crippen molar-refractivity contribution in [1.82, 2.24) is 10.3 Å².